The van der Waals surface area contributed by atoms with Crippen LogP contribution in [0.4, 0.5) is 0 Å². The quantitative estimate of drug-likeness (QED) is 0.811. The molecule has 0 saturated carbocycles. The van der Waals surface area contributed by atoms with Gasteiger partial charge in [-0.1, -0.05) is 29.8 Å². The Hall–Kier alpha value is -1.39. The van der Waals surface area contributed by atoms with Gasteiger partial charge in [-0.25, -0.2) is 0 Å². The average Bonchev–Trinajstić information content (AvgIpc) is 2.54. The molecule has 0 spiro atoms. The number of benzene rings is 1. The number of piperidine rings is 1. The van der Waals surface area contributed by atoms with Crippen LogP contribution >= 0.6 is 0 Å². The third-order valence-electron chi connectivity index (χ3n) is 4.54. The average molecular weight is 304 g/mol. The third kappa shape index (κ3) is 5.11. The molecule has 1 fully saturated rings. The summed E-state index contributed by atoms with van der Waals surface area (Å²) in [6.07, 6.45) is 3.45. The molecule has 0 atom stereocenters. The second-order valence-corrected chi connectivity index (χ2v) is 6.45. The summed E-state index contributed by atoms with van der Waals surface area (Å²) in [5.74, 6) is 0.134. The van der Waals surface area contributed by atoms with Gasteiger partial charge in [0.25, 0.3) is 0 Å². The molecule has 2 rings (SSSR count). The summed E-state index contributed by atoms with van der Waals surface area (Å²) >= 11 is 0. The lowest BCUT2D eigenvalue weighted by Crippen LogP contribution is -2.47. The van der Waals surface area contributed by atoms with Crippen molar-refractivity contribution in [2.75, 3.05) is 33.4 Å². The third-order valence-corrected chi connectivity index (χ3v) is 4.54. The van der Waals surface area contributed by atoms with Crippen LogP contribution in [-0.4, -0.2) is 39.3 Å². The minimum atomic E-state index is 0.0967. The van der Waals surface area contributed by atoms with Gasteiger partial charge >= 0.3 is 0 Å². The fraction of sp³-hybridized carbons (Fsp3) is 0.611. The van der Waals surface area contributed by atoms with Crippen molar-refractivity contribution >= 4 is 5.91 Å². The molecule has 1 saturated heterocycles. The highest BCUT2D eigenvalue weighted by molar-refractivity contribution is 5.76. The van der Waals surface area contributed by atoms with Crippen LogP contribution in [0.25, 0.3) is 0 Å². The van der Waals surface area contributed by atoms with Crippen molar-refractivity contribution in [3.8, 4) is 0 Å². The first kappa shape index (κ1) is 17.0. The monoisotopic (exact) mass is 304 g/mol. The second-order valence-electron chi connectivity index (χ2n) is 6.45. The summed E-state index contributed by atoms with van der Waals surface area (Å²) in [6, 6.07) is 8.38. The van der Waals surface area contributed by atoms with Crippen LogP contribution in [0.2, 0.25) is 0 Å². The molecular formula is C18H28N2O2. The first-order chi connectivity index (χ1) is 10.6. The smallest absolute Gasteiger partial charge is 0.220 e. The van der Waals surface area contributed by atoms with Crippen LogP contribution in [0.3, 0.4) is 0 Å². The van der Waals surface area contributed by atoms with Gasteiger partial charge < -0.3 is 15.4 Å². The van der Waals surface area contributed by atoms with Crippen LogP contribution in [0.5, 0.6) is 0 Å². The van der Waals surface area contributed by atoms with Gasteiger partial charge in [0.2, 0.25) is 5.91 Å². The van der Waals surface area contributed by atoms with Gasteiger partial charge in [-0.3, -0.25) is 4.79 Å². The second kappa shape index (κ2) is 8.30. The van der Waals surface area contributed by atoms with Gasteiger partial charge in [-0.15, -0.1) is 0 Å². The number of amides is 1. The maximum atomic E-state index is 12.1. The van der Waals surface area contributed by atoms with Crippen LogP contribution in [0, 0.1) is 12.3 Å². The van der Waals surface area contributed by atoms with Gasteiger partial charge in [0, 0.05) is 25.5 Å². The van der Waals surface area contributed by atoms with Crippen LogP contribution in [0.1, 0.15) is 30.4 Å². The van der Waals surface area contributed by atoms with Crippen molar-refractivity contribution in [2.24, 2.45) is 5.41 Å². The molecule has 0 radical (unpaired) electrons. The predicted molar refractivity (Wildman–Crippen MR) is 88.9 cm³/mol. The van der Waals surface area contributed by atoms with E-state index < -0.39 is 0 Å². The minimum Gasteiger partial charge on any atom is -0.384 e. The van der Waals surface area contributed by atoms with Crippen molar-refractivity contribution in [2.45, 2.75) is 32.6 Å². The Kier molecular flexibility index (Phi) is 6.40. The molecule has 0 unspecified atom stereocenters. The Labute approximate surface area is 133 Å². The lowest BCUT2D eigenvalue weighted by atomic mass is 9.79. The molecule has 1 amide bonds. The molecular weight excluding hydrogens is 276 g/mol. The number of carbonyl (C=O) groups is 1. The van der Waals surface area contributed by atoms with Crippen molar-refractivity contribution in [3.63, 3.8) is 0 Å². The van der Waals surface area contributed by atoms with Crippen LogP contribution < -0.4 is 10.6 Å². The molecule has 1 aromatic rings. The Morgan fingerprint density at radius 2 is 1.95 bits per heavy atom. The fourth-order valence-corrected chi connectivity index (χ4v) is 3.02. The number of nitrogens with one attached hydrogen (secondary N) is 2. The van der Waals surface area contributed by atoms with E-state index in [1.165, 1.54) is 11.1 Å². The van der Waals surface area contributed by atoms with E-state index in [1.54, 1.807) is 7.11 Å². The summed E-state index contributed by atoms with van der Waals surface area (Å²) in [5, 5.41) is 6.48. The highest BCUT2D eigenvalue weighted by Gasteiger charge is 2.32. The Balaban J connectivity index is 1.77. The maximum absolute atomic E-state index is 12.1. The molecule has 4 heteroatoms. The molecule has 0 aliphatic carbocycles. The number of aryl methyl sites for hydroxylation is 2. The predicted octanol–water partition coefficient (Wildman–Crippen LogP) is 2.06. The molecule has 2 N–H and O–H groups in total. The number of hydrogen-bond acceptors (Lipinski definition) is 3. The van der Waals surface area contributed by atoms with E-state index in [0.29, 0.717) is 13.0 Å². The standard InChI is InChI=1S/C18H28N2O2/c1-15-3-5-16(6-4-15)7-8-17(21)20-13-18(14-22-2)9-11-19-12-10-18/h3-6,19H,7-14H2,1-2H3,(H,20,21). The molecule has 1 aliphatic rings. The summed E-state index contributed by atoms with van der Waals surface area (Å²) in [7, 11) is 1.74. The zero-order chi connectivity index (χ0) is 15.8. The Morgan fingerprint density at radius 3 is 2.59 bits per heavy atom. The van der Waals surface area contributed by atoms with Crippen molar-refractivity contribution in [3.05, 3.63) is 35.4 Å². The maximum Gasteiger partial charge on any atom is 0.220 e. The van der Waals surface area contributed by atoms with Gasteiger partial charge in [0.05, 0.1) is 6.61 Å². The highest BCUT2D eigenvalue weighted by atomic mass is 16.5. The van der Waals surface area contributed by atoms with E-state index in [0.717, 1.165) is 38.9 Å². The summed E-state index contributed by atoms with van der Waals surface area (Å²) in [5.41, 5.74) is 2.56. The minimum absolute atomic E-state index is 0.0967. The SMILES string of the molecule is COCC1(CNC(=O)CCc2ccc(C)cc2)CCNCC1. The van der Waals surface area contributed by atoms with E-state index in [-0.39, 0.29) is 11.3 Å². The Bertz CT molecular complexity index is 459. The largest absolute Gasteiger partial charge is 0.384 e. The van der Waals surface area contributed by atoms with E-state index in [9.17, 15) is 4.79 Å². The van der Waals surface area contributed by atoms with Gasteiger partial charge in [0.1, 0.15) is 0 Å². The molecule has 22 heavy (non-hydrogen) atoms. The van der Waals surface area contributed by atoms with E-state index in [2.05, 4.69) is 41.8 Å². The summed E-state index contributed by atoms with van der Waals surface area (Å²) in [4.78, 5) is 12.1. The normalized spacial score (nSPS) is 17.2. The molecule has 0 bridgehead atoms. The molecule has 1 aromatic carbocycles. The number of methoxy groups -OCH3 is 1. The Morgan fingerprint density at radius 1 is 1.27 bits per heavy atom. The van der Waals surface area contributed by atoms with E-state index in [1.807, 2.05) is 0 Å². The first-order valence-electron chi connectivity index (χ1n) is 8.15. The summed E-state index contributed by atoms with van der Waals surface area (Å²) in [6.45, 7) is 5.51. The fourth-order valence-electron chi connectivity index (χ4n) is 3.02. The molecule has 4 nitrogen and oxygen atoms in total. The lowest BCUT2D eigenvalue weighted by Gasteiger charge is -2.37. The number of carbonyl (C=O) groups excluding carboxylic acids is 1. The lowest BCUT2D eigenvalue weighted by molar-refractivity contribution is -0.122. The number of ether oxygens (including phenoxy) is 1. The van der Waals surface area contributed by atoms with Crippen LogP contribution in [-0.2, 0) is 16.0 Å². The number of rotatable bonds is 7. The zero-order valence-corrected chi connectivity index (χ0v) is 13.8. The number of hydrogen-bond donors (Lipinski definition) is 2. The van der Waals surface area contributed by atoms with E-state index in [4.69, 9.17) is 4.74 Å². The van der Waals surface area contributed by atoms with Gasteiger partial charge in [0.15, 0.2) is 0 Å². The molecule has 122 valence electrons. The van der Waals surface area contributed by atoms with Crippen molar-refractivity contribution in [1.82, 2.24) is 10.6 Å². The van der Waals surface area contributed by atoms with Crippen LogP contribution in [0.15, 0.2) is 24.3 Å². The van der Waals surface area contributed by atoms with Crippen molar-refractivity contribution in [1.29, 1.82) is 0 Å². The molecule has 1 heterocycles. The zero-order valence-electron chi connectivity index (χ0n) is 13.8. The first-order valence-corrected chi connectivity index (χ1v) is 8.15. The van der Waals surface area contributed by atoms with Crippen molar-refractivity contribution < 1.29 is 9.53 Å². The molecule has 1 aliphatic heterocycles. The van der Waals surface area contributed by atoms with Gasteiger partial charge in [-0.2, -0.15) is 0 Å². The van der Waals surface area contributed by atoms with E-state index >= 15 is 0 Å². The van der Waals surface area contributed by atoms with Gasteiger partial charge in [-0.05, 0) is 44.8 Å². The molecule has 0 aromatic heterocycles. The summed E-state index contributed by atoms with van der Waals surface area (Å²) < 4.78 is 5.38. The topological polar surface area (TPSA) is 50.4 Å². The highest BCUT2D eigenvalue weighted by Crippen LogP contribution is 2.28.